The van der Waals surface area contributed by atoms with Crippen molar-refractivity contribution >= 4 is 37.9 Å². The zero-order valence-corrected chi connectivity index (χ0v) is 11.2. The second-order valence-electron chi connectivity index (χ2n) is 3.24. The van der Waals surface area contributed by atoms with E-state index >= 15 is 0 Å². The molecule has 0 aromatic rings. The Bertz CT molecular complexity index is 177. The van der Waals surface area contributed by atoms with Gasteiger partial charge in [0.05, 0.1) is 19.8 Å². The van der Waals surface area contributed by atoms with E-state index in [0.29, 0.717) is 19.8 Å². The molecule has 1 aliphatic heterocycles. The summed E-state index contributed by atoms with van der Waals surface area (Å²) in [5, 5.41) is 0. The lowest BCUT2D eigenvalue weighted by Gasteiger charge is -2.34. The van der Waals surface area contributed by atoms with Gasteiger partial charge in [-0.05, 0) is 22.5 Å². The van der Waals surface area contributed by atoms with Crippen molar-refractivity contribution in [3.63, 3.8) is 0 Å². The van der Waals surface area contributed by atoms with Crippen LogP contribution in [0.4, 0.5) is 0 Å². The van der Waals surface area contributed by atoms with Crippen LogP contribution in [0.25, 0.3) is 0 Å². The average molecular weight is 281 g/mol. The zero-order chi connectivity index (χ0) is 10.6. The van der Waals surface area contributed by atoms with E-state index in [-0.39, 0.29) is 5.41 Å². The number of rotatable bonds is 4. The van der Waals surface area contributed by atoms with Crippen LogP contribution in [0.15, 0.2) is 0 Å². The lowest BCUT2D eigenvalue weighted by molar-refractivity contribution is 0.0178. The highest BCUT2D eigenvalue weighted by atomic mass is 35.7. The van der Waals surface area contributed by atoms with Gasteiger partial charge in [0.2, 0.25) is 0 Å². The lowest BCUT2D eigenvalue weighted by Crippen LogP contribution is -2.35. The van der Waals surface area contributed by atoms with Crippen molar-refractivity contribution in [1.82, 2.24) is 0 Å². The molecule has 0 radical (unpaired) electrons. The molecule has 0 aromatic carbocycles. The molecule has 0 amide bonds. The van der Waals surface area contributed by atoms with E-state index in [9.17, 15) is 0 Å². The Hall–Kier alpha value is 1.28. The third-order valence-electron chi connectivity index (χ3n) is 1.69. The molecule has 0 saturated carbocycles. The summed E-state index contributed by atoms with van der Waals surface area (Å²) in [5.41, 5.74) is -0.193. The van der Waals surface area contributed by atoms with Crippen LogP contribution in [0.5, 0.6) is 0 Å². The Balaban J connectivity index is 2.28. The van der Waals surface area contributed by atoms with Gasteiger partial charge >= 0.3 is 0 Å². The van der Waals surface area contributed by atoms with Gasteiger partial charge < -0.3 is 18.1 Å². The smallest absolute Gasteiger partial charge is 0.276 e. The second kappa shape index (κ2) is 6.12. The minimum atomic E-state index is -1.31. The summed E-state index contributed by atoms with van der Waals surface area (Å²) in [5.74, 6) is 0. The highest BCUT2D eigenvalue weighted by Gasteiger charge is 2.33. The van der Waals surface area contributed by atoms with Crippen molar-refractivity contribution in [3.8, 4) is 0 Å². The molecule has 0 aromatic heterocycles. The molecule has 1 rings (SSSR count). The van der Waals surface area contributed by atoms with E-state index in [1.54, 1.807) is 0 Å². The Morgan fingerprint density at radius 3 is 2.57 bits per heavy atom. The fourth-order valence-corrected chi connectivity index (χ4v) is 2.69. The summed E-state index contributed by atoms with van der Waals surface area (Å²) in [4.78, 5) is 0. The van der Waals surface area contributed by atoms with Gasteiger partial charge in [0.1, 0.15) is 0 Å². The van der Waals surface area contributed by atoms with Gasteiger partial charge in [0, 0.05) is 12.5 Å². The Labute approximate surface area is 95.5 Å². The molecule has 8 heteroatoms. The van der Waals surface area contributed by atoms with Gasteiger partial charge in [-0.15, -0.1) is 0 Å². The molecule has 1 saturated heterocycles. The van der Waals surface area contributed by atoms with Crippen LogP contribution in [0, 0.1) is 5.41 Å². The fraction of sp³-hybridized carbons (Fsp3) is 1.00. The Kier molecular flexibility index (Phi) is 5.84. The maximum Gasteiger partial charge on any atom is 0.276 e. The third kappa shape index (κ3) is 4.42. The summed E-state index contributed by atoms with van der Waals surface area (Å²) in [6.07, 6.45) is 0. The van der Waals surface area contributed by atoms with Crippen LogP contribution in [0.2, 0.25) is 0 Å². The fourth-order valence-electron chi connectivity index (χ4n) is 0.835. The zero-order valence-electron chi connectivity index (χ0n) is 7.90. The quantitative estimate of drug-likeness (QED) is 0.737. The van der Waals surface area contributed by atoms with E-state index in [0.717, 1.165) is 0 Å². The molecule has 0 aliphatic carbocycles. The number of halogens is 2. The largest absolute Gasteiger partial charge is 0.326 e. The van der Waals surface area contributed by atoms with Crippen molar-refractivity contribution in [1.29, 1.82) is 0 Å². The second-order valence-corrected chi connectivity index (χ2v) is 6.88. The Morgan fingerprint density at radius 2 is 2.07 bits per heavy atom. The van der Waals surface area contributed by atoms with Gasteiger partial charge in [-0.25, -0.2) is 0 Å². The van der Waals surface area contributed by atoms with Crippen molar-refractivity contribution in [2.24, 2.45) is 5.41 Å². The third-order valence-corrected chi connectivity index (χ3v) is 4.26. The van der Waals surface area contributed by atoms with Crippen molar-refractivity contribution in [3.05, 3.63) is 0 Å². The molecule has 1 aliphatic rings. The van der Waals surface area contributed by atoms with E-state index in [2.05, 4.69) is 0 Å². The molecule has 1 atom stereocenters. The summed E-state index contributed by atoms with van der Waals surface area (Å²) < 4.78 is 20.5. The van der Waals surface area contributed by atoms with E-state index in [1.807, 2.05) is 6.92 Å². The van der Waals surface area contributed by atoms with Crippen LogP contribution in [-0.2, 0) is 18.1 Å². The summed E-state index contributed by atoms with van der Waals surface area (Å²) in [6, 6.07) is 0. The molecular formula is C6H12Cl2O4P2. The molecule has 1 heterocycles. The van der Waals surface area contributed by atoms with Crippen LogP contribution in [-0.4, -0.2) is 26.9 Å². The highest BCUT2D eigenvalue weighted by Crippen LogP contribution is 2.51. The van der Waals surface area contributed by atoms with Gasteiger partial charge in [0.25, 0.3) is 15.5 Å². The van der Waals surface area contributed by atoms with Crippen LogP contribution < -0.4 is 0 Å². The maximum absolute atomic E-state index is 5.69. The molecule has 0 N–H and O–H groups in total. The SMILES string of the molecule is COP(Cl)OCC1(C)COP(Cl)OC1. The Morgan fingerprint density at radius 1 is 1.50 bits per heavy atom. The lowest BCUT2D eigenvalue weighted by atomic mass is 9.95. The van der Waals surface area contributed by atoms with E-state index in [4.69, 9.17) is 40.6 Å². The highest BCUT2D eigenvalue weighted by molar-refractivity contribution is 7.76. The molecular weight excluding hydrogens is 269 g/mol. The normalized spacial score (nSPS) is 35.6. The van der Waals surface area contributed by atoms with Gasteiger partial charge in [-0.2, -0.15) is 0 Å². The first-order valence-electron chi connectivity index (χ1n) is 3.90. The first kappa shape index (κ1) is 13.3. The molecule has 0 spiro atoms. The van der Waals surface area contributed by atoms with E-state index < -0.39 is 15.5 Å². The predicted octanol–water partition coefficient (Wildman–Crippen LogP) is 3.63. The number of hydrogen-bond acceptors (Lipinski definition) is 4. The van der Waals surface area contributed by atoms with Crippen molar-refractivity contribution in [2.45, 2.75) is 6.92 Å². The average Bonchev–Trinajstić information content (AvgIpc) is 2.20. The molecule has 4 nitrogen and oxygen atoms in total. The maximum atomic E-state index is 5.69. The van der Waals surface area contributed by atoms with Gasteiger partial charge in [-0.1, -0.05) is 6.92 Å². The number of hydrogen-bond donors (Lipinski definition) is 0. The molecule has 0 bridgehead atoms. The predicted molar refractivity (Wildman–Crippen MR) is 58.5 cm³/mol. The molecule has 84 valence electrons. The van der Waals surface area contributed by atoms with Crippen molar-refractivity contribution < 1.29 is 18.1 Å². The first-order chi connectivity index (χ1) is 6.56. The minimum absolute atomic E-state index is 0.193. The van der Waals surface area contributed by atoms with Crippen LogP contribution in [0.3, 0.4) is 0 Å². The van der Waals surface area contributed by atoms with Gasteiger partial charge in [-0.3, -0.25) is 0 Å². The van der Waals surface area contributed by atoms with Crippen molar-refractivity contribution in [2.75, 3.05) is 26.9 Å². The monoisotopic (exact) mass is 280 g/mol. The van der Waals surface area contributed by atoms with Crippen LogP contribution >= 0.6 is 37.9 Å². The first-order valence-corrected chi connectivity index (χ1v) is 8.07. The summed E-state index contributed by atoms with van der Waals surface area (Å²) in [7, 11) is -1.03. The minimum Gasteiger partial charge on any atom is -0.326 e. The van der Waals surface area contributed by atoms with Crippen LogP contribution in [0.1, 0.15) is 6.92 Å². The standard InChI is InChI=1S/C6H12Cl2O4P2/c1-6(3-10-13(7)9-2)4-11-14(8)12-5-6/h3-5H2,1-2H3. The topological polar surface area (TPSA) is 36.9 Å². The summed E-state index contributed by atoms with van der Waals surface area (Å²) >= 11 is 11.4. The molecule has 14 heavy (non-hydrogen) atoms. The molecule has 1 fully saturated rings. The summed E-state index contributed by atoms with van der Waals surface area (Å²) in [6.45, 7) is 3.47. The van der Waals surface area contributed by atoms with E-state index in [1.165, 1.54) is 7.11 Å². The molecule has 1 unspecified atom stereocenters. The van der Waals surface area contributed by atoms with Gasteiger partial charge in [0.15, 0.2) is 0 Å².